The Balaban J connectivity index is 2.05. The van der Waals surface area contributed by atoms with Crippen molar-refractivity contribution in [3.63, 3.8) is 0 Å². The van der Waals surface area contributed by atoms with Gasteiger partial charge < -0.3 is 0 Å². The van der Waals surface area contributed by atoms with Crippen LogP contribution in [0.1, 0.15) is 178 Å². The van der Waals surface area contributed by atoms with E-state index >= 15 is 0 Å². The topological polar surface area (TPSA) is 3.24 Å². The van der Waals surface area contributed by atoms with Crippen molar-refractivity contribution < 1.29 is 0 Å². The lowest BCUT2D eigenvalue weighted by molar-refractivity contribution is 0.800. The van der Waals surface area contributed by atoms with Crippen LogP contribution >= 0.6 is 16.1 Å². The quantitative estimate of drug-likeness (QED) is 0.0321. The van der Waals surface area contributed by atoms with Crippen molar-refractivity contribution in [1.82, 2.24) is 4.44 Å². The summed E-state index contributed by atoms with van der Waals surface area (Å²) in [6.07, 6.45) is 24.1. The lowest BCUT2D eigenvalue weighted by Crippen LogP contribution is -2.49. The van der Waals surface area contributed by atoms with Crippen LogP contribution in [0, 0.1) is 0 Å². The number of nitrogens with zero attached hydrogens (tertiary/aromatic N) is 1. The Morgan fingerprint density at radius 2 is 0.563 bits per heavy atom. The second-order valence-corrected chi connectivity index (χ2v) is 47.0. The Bertz CT molecular complexity index is 1890. The lowest BCUT2D eigenvalue weighted by Gasteiger charge is -2.39. The minimum Gasteiger partial charge on any atom is -0.248 e. The van der Waals surface area contributed by atoms with E-state index in [1.807, 2.05) is 0 Å². The van der Waals surface area contributed by atoms with Gasteiger partial charge in [0.1, 0.15) is 0 Å². The Morgan fingerprint density at radius 1 is 0.324 bits per heavy atom. The molecule has 1 unspecified atom stereocenters. The summed E-state index contributed by atoms with van der Waals surface area (Å²) in [5.74, 6) is 0. The van der Waals surface area contributed by atoms with Gasteiger partial charge in [-0.05, 0) is 28.3 Å². The third-order valence-corrected chi connectivity index (χ3v) is 40.9. The molecule has 0 aliphatic rings. The molecule has 4 aromatic rings. The van der Waals surface area contributed by atoms with Crippen LogP contribution in [0.4, 0.5) is 0 Å². The highest BCUT2D eigenvalue weighted by Crippen LogP contribution is 2.53. The van der Waals surface area contributed by atoms with Gasteiger partial charge in [0.05, 0.1) is 32.3 Å². The Morgan fingerprint density at radius 3 is 0.803 bits per heavy atom. The van der Waals surface area contributed by atoms with E-state index in [1.54, 1.807) is 26.1 Å². The minimum atomic E-state index is -1.71. The molecule has 396 valence electrons. The predicted octanol–water partition coefficient (Wildman–Crippen LogP) is 17.7. The molecule has 0 fully saturated rings. The van der Waals surface area contributed by atoms with Crippen molar-refractivity contribution in [2.75, 3.05) is 7.05 Å². The highest BCUT2D eigenvalue weighted by molar-refractivity contribution is 7.85. The maximum absolute atomic E-state index is 2.96. The number of hydrogen-bond acceptors (Lipinski definition) is 1. The normalized spacial score (nSPS) is 13.2. The number of hydrogen-bond donors (Lipinski definition) is 0. The summed E-state index contributed by atoms with van der Waals surface area (Å²) in [5, 5.41) is 13.1. The zero-order chi connectivity index (χ0) is 51.8. The van der Waals surface area contributed by atoms with Gasteiger partial charge in [-0.15, -0.1) is 0 Å². The first-order valence-corrected chi connectivity index (χ1v) is 44.0. The van der Waals surface area contributed by atoms with Crippen molar-refractivity contribution >= 4 is 90.4 Å². The Kier molecular flexibility index (Phi) is 28.2. The standard InChI is InChI=1S/C64H109NP2Si4/c1-14-23-48-69(49-24-15-2,50-25-16-3)60-42-36-57(37-43-60)66(58-38-44-61(45-39-58)70(51-26-17-4,52-27-18-5)53-28-19-6)65(10)67(63-34-32-33-35-64(63)68(11,12)13)59-40-46-62(47-41-59)71(54-29-20-7,55-30-21-8)56-31-22-9/h32-47H,14-31,48-56H2,1-13H3. The van der Waals surface area contributed by atoms with Crippen LogP contribution < -0.4 is 42.0 Å². The molecule has 0 bridgehead atoms. The molecule has 0 spiro atoms. The SMILES string of the molecule is CCCC[Si](CCCC)(CCCC)c1ccc(P(c2ccc([Si](CCCC)(CCCC)CCCC)cc2)N(C)P(c2ccc([Si](CCCC)(CCCC)CCCC)cc2)c2ccccc2[Si](C)(C)C)cc1. The van der Waals surface area contributed by atoms with Gasteiger partial charge in [0.2, 0.25) is 0 Å². The lowest BCUT2D eigenvalue weighted by atomic mass is 10.3. The summed E-state index contributed by atoms with van der Waals surface area (Å²) in [6.45, 7) is 29.4. The molecule has 0 amide bonds. The third-order valence-electron chi connectivity index (χ3n) is 16.8. The van der Waals surface area contributed by atoms with Crippen LogP contribution in [0.15, 0.2) is 97.1 Å². The number of unbranched alkanes of at least 4 members (excludes halogenated alkanes) is 9. The zero-order valence-corrected chi connectivity index (χ0v) is 54.5. The molecule has 0 heterocycles. The van der Waals surface area contributed by atoms with Gasteiger partial charge in [-0.3, -0.25) is 0 Å². The molecule has 0 saturated carbocycles. The average molecular weight is 1070 g/mol. The van der Waals surface area contributed by atoms with Crippen molar-refractivity contribution in [3.05, 3.63) is 97.1 Å². The van der Waals surface area contributed by atoms with Gasteiger partial charge in [0, 0.05) is 16.1 Å². The summed E-state index contributed by atoms with van der Waals surface area (Å²) < 4.78 is 2.96. The van der Waals surface area contributed by atoms with Gasteiger partial charge in [0.15, 0.2) is 0 Å². The molecule has 1 nitrogen and oxygen atoms in total. The minimum absolute atomic E-state index is 0.844. The number of benzene rings is 4. The van der Waals surface area contributed by atoms with Crippen LogP contribution in [0.25, 0.3) is 0 Å². The first-order valence-electron chi connectivity index (χ1n) is 30.1. The summed E-state index contributed by atoms with van der Waals surface area (Å²) in [4.78, 5) is 0. The molecular weight excluding hydrogens is 957 g/mol. The van der Waals surface area contributed by atoms with E-state index in [4.69, 9.17) is 0 Å². The molecule has 0 radical (unpaired) electrons. The molecule has 71 heavy (non-hydrogen) atoms. The van der Waals surface area contributed by atoms with Gasteiger partial charge in [0.25, 0.3) is 0 Å². The van der Waals surface area contributed by atoms with Crippen LogP contribution in [0.5, 0.6) is 0 Å². The molecule has 1 atom stereocenters. The van der Waals surface area contributed by atoms with Gasteiger partial charge in [-0.2, -0.15) is 0 Å². The fourth-order valence-corrected chi connectivity index (χ4v) is 37.4. The molecule has 4 rings (SSSR count). The maximum Gasteiger partial charge on any atom is 0.0867 e. The second-order valence-electron chi connectivity index (χ2n) is 23.3. The molecule has 0 N–H and O–H groups in total. The number of rotatable bonds is 37. The zero-order valence-electron chi connectivity index (χ0n) is 48.7. The van der Waals surface area contributed by atoms with E-state index in [0.29, 0.717) is 0 Å². The average Bonchev–Trinajstić information content (AvgIpc) is 3.39. The van der Waals surface area contributed by atoms with E-state index in [0.717, 1.165) is 0 Å². The summed E-state index contributed by atoms with van der Waals surface area (Å²) >= 11 is 0. The first-order chi connectivity index (χ1) is 34.3. The van der Waals surface area contributed by atoms with Gasteiger partial charge in [-0.25, -0.2) is 4.44 Å². The largest absolute Gasteiger partial charge is 0.248 e. The van der Waals surface area contributed by atoms with Crippen LogP contribution in [0.3, 0.4) is 0 Å². The van der Waals surface area contributed by atoms with E-state index in [9.17, 15) is 0 Å². The predicted molar refractivity (Wildman–Crippen MR) is 342 cm³/mol. The van der Waals surface area contributed by atoms with Crippen LogP contribution in [0.2, 0.25) is 74.0 Å². The summed E-state index contributed by atoms with van der Waals surface area (Å²) in [5.41, 5.74) is 0. The fraction of sp³-hybridized carbons (Fsp3) is 0.625. The van der Waals surface area contributed by atoms with Crippen molar-refractivity contribution in [3.8, 4) is 0 Å². The second kappa shape index (κ2) is 32.2. The molecule has 7 heteroatoms. The molecule has 4 aromatic carbocycles. The van der Waals surface area contributed by atoms with Crippen molar-refractivity contribution in [1.29, 1.82) is 0 Å². The Hall–Kier alpha value is -1.43. The molecule has 0 aliphatic carbocycles. The fourth-order valence-electron chi connectivity index (χ4n) is 12.3. The molecule has 0 saturated heterocycles. The maximum atomic E-state index is 2.96. The highest BCUT2D eigenvalue weighted by atomic mass is 31.2. The van der Waals surface area contributed by atoms with Crippen LogP contribution in [-0.2, 0) is 0 Å². The summed E-state index contributed by atoms with van der Waals surface area (Å²) in [6, 6.07) is 54.9. The smallest absolute Gasteiger partial charge is 0.0867 e. The molecular formula is C64H109NP2Si4. The van der Waals surface area contributed by atoms with Crippen molar-refractivity contribution in [2.45, 2.75) is 252 Å². The molecule has 0 aliphatic heterocycles. The highest BCUT2D eigenvalue weighted by Gasteiger charge is 2.38. The third kappa shape index (κ3) is 17.3. The Labute approximate surface area is 448 Å². The first kappa shape index (κ1) is 62.1. The van der Waals surface area contributed by atoms with Crippen molar-refractivity contribution in [2.24, 2.45) is 0 Å². The monoisotopic (exact) mass is 1070 g/mol. The van der Waals surface area contributed by atoms with Gasteiger partial charge >= 0.3 is 0 Å². The van der Waals surface area contributed by atoms with E-state index in [-0.39, 0.29) is 0 Å². The van der Waals surface area contributed by atoms with E-state index in [2.05, 4.69) is 191 Å². The molecule has 0 aromatic heterocycles. The van der Waals surface area contributed by atoms with Crippen LogP contribution in [-0.4, -0.2) is 43.8 Å². The summed E-state index contributed by atoms with van der Waals surface area (Å²) in [7, 11) is -5.80. The van der Waals surface area contributed by atoms with Gasteiger partial charge in [-0.1, -0.05) is 370 Å². The van der Waals surface area contributed by atoms with E-state index < -0.39 is 48.4 Å². The van der Waals surface area contributed by atoms with E-state index in [1.165, 1.54) is 186 Å².